The Bertz CT molecular complexity index is 1160. The summed E-state index contributed by atoms with van der Waals surface area (Å²) in [6.45, 7) is 1.30. The van der Waals surface area contributed by atoms with Crippen LogP contribution in [0.3, 0.4) is 0 Å². The molecule has 2 amide bonds. The Hall–Kier alpha value is -3.87. The SMILES string of the molecule is CC(=O)C(N=Nc1cccc2ccccc12)C(=O)Nc1ccc2c(c1)NC(=O)C2. The Morgan fingerprint density at radius 3 is 2.69 bits per heavy atom. The summed E-state index contributed by atoms with van der Waals surface area (Å²) >= 11 is 0. The summed E-state index contributed by atoms with van der Waals surface area (Å²) in [5.74, 6) is -1.08. The summed E-state index contributed by atoms with van der Waals surface area (Å²) < 4.78 is 0. The van der Waals surface area contributed by atoms with Crippen molar-refractivity contribution in [1.82, 2.24) is 0 Å². The van der Waals surface area contributed by atoms with E-state index in [0.717, 1.165) is 16.3 Å². The largest absolute Gasteiger partial charge is 0.325 e. The molecule has 7 heteroatoms. The molecule has 29 heavy (non-hydrogen) atoms. The molecule has 0 aliphatic carbocycles. The molecular formula is C22H18N4O3. The molecule has 0 aromatic heterocycles. The number of carbonyl (C=O) groups excluding carboxylic acids is 3. The fourth-order valence-electron chi connectivity index (χ4n) is 3.24. The molecular weight excluding hydrogens is 368 g/mol. The van der Waals surface area contributed by atoms with Crippen LogP contribution in [0.15, 0.2) is 70.9 Å². The number of benzene rings is 3. The van der Waals surface area contributed by atoms with Gasteiger partial charge in [-0.2, -0.15) is 10.2 Å². The maximum atomic E-state index is 12.6. The molecule has 3 aromatic rings. The van der Waals surface area contributed by atoms with Gasteiger partial charge in [0.25, 0.3) is 5.91 Å². The van der Waals surface area contributed by atoms with Gasteiger partial charge in [0.2, 0.25) is 11.9 Å². The number of rotatable bonds is 5. The van der Waals surface area contributed by atoms with Gasteiger partial charge in [-0.1, -0.05) is 42.5 Å². The van der Waals surface area contributed by atoms with Gasteiger partial charge in [-0.3, -0.25) is 14.4 Å². The van der Waals surface area contributed by atoms with Gasteiger partial charge in [0, 0.05) is 16.8 Å². The molecule has 1 aliphatic rings. The number of Topliss-reactive ketones (excluding diaryl/α,β-unsaturated/α-hetero) is 1. The van der Waals surface area contributed by atoms with Crippen LogP contribution in [0.5, 0.6) is 0 Å². The fraction of sp³-hybridized carbons (Fsp3) is 0.136. The summed E-state index contributed by atoms with van der Waals surface area (Å²) in [6, 6.07) is 17.1. The molecule has 1 heterocycles. The number of anilines is 2. The van der Waals surface area contributed by atoms with Crippen molar-refractivity contribution in [3.05, 3.63) is 66.2 Å². The number of nitrogens with zero attached hydrogens (tertiary/aromatic N) is 2. The number of carbonyl (C=O) groups is 3. The average Bonchev–Trinajstić information content (AvgIpc) is 3.07. The van der Waals surface area contributed by atoms with Crippen LogP contribution in [-0.4, -0.2) is 23.6 Å². The van der Waals surface area contributed by atoms with Gasteiger partial charge in [-0.15, -0.1) is 0 Å². The highest BCUT2D eigenvalue weighted by atomic mass is 16.2. The highest BCUT2D eigenvalue weighted by Gasteiger charge is 2.24. The van der Waals surface area contributed by atoms with Crippen molar-refractivity contribution in [2.75, 3.05) is 10.6 Å². The molecule has 0 bridgehead atoms. The van der Waals surface area contributed by atoms with E-state index in [1.165, 1.54) is 6.92 Å². The minimum atomic E-state index is -1.27. The van der Waals surface area contributed by atoms with Crippen LogP contribution in [-0.2, 0) is 20.8 Å². The van der Waals surface area contributed by atoms with Gasteiger partial charge in [0.15, 0.2) is 5.78 Å². The van der Waals surface area contributed by atoms with Gasteiger partial charge in [-0.25, -0.2) is 0 Å². The second-order valence-electron chi connectivity index (χ2n) is 6.81. The van der Waals surface area contributed by atoms with E-state index in [1.54, 1.807) is 24.3 Å². The van der Waals surface area contributed by atoms with Crippen molar-refractivity contribution in [3.8, 4) is 0 Å². The van der Waals surface area contributed by atoms with Gasteiger partial charge in [0.1, 0.15) is 0 Å². The van der Waals surface area contributed by atoms with Crippen molar-refractivity contribution >= 4 is 45.4 Å². The smallest absolute Gasteiger partial charge is 0.258 e. The van der Waals surface area contributed by atoms with Crippen LogP contribution < -0.4 is 10.6 Å². The fourth-order valence-corrected chi connectivity index (χ4v) is 3.24. The Balaban J connectivity index is 1.55. The number of ketones is 1. The van der Waals surface area contributed by atoms with E-state index in [0.29, 0.717) is 23.5 Å². The third kappa shape index (κ3) is 3.89. The summed E-state index contributed by atoms with van der Waals surface area (Å²) in [7, 11) is 0. The molecule has 7 nitrogen and oxygen atoms in total. The predicted molar refractivity (Wildman–Crippen MR) is 110 cm³/mol. The predicted octanol–water partition coefficient (Wildman–Crippen LogP) is 4.01. The number of amides is 2. The number of hydrogen-bond acceptors (Lipinski definition) is 5. The third-order valence-electron chi connectivity index (χ3n) is 4.68. The zero-order valence-electron chi connectivity index (χ0n) is 15.7. The van der Waals surface area contributed by atoms with Gasteiger partial charge in [0.05, 0.1) is 12.1 Å². The monoisotopic (exact) mass is 386 g/mol. The van der Waals surface area contributed by atoms with E-state index >= 15 is 0 Å². The Labute approximate surface area is 166 Å². The van der Waals surface area contributed by atoms with Crippen LogP contribution >= 0.6 is 0 Å². The maximum Gasteiger partial charge on any atom is 0.258 e. The Morgan fingerprint density at radius 1 is 1.07 bits per heavy atom. The van der Waals surface area contributed by atoms with Crippen molar-refractivity contribution in [3.63, 3.8) is 0 Å². The first-order valence-electron chi connectivity index (χ1n) is 9.14. The van der Waals surface area contributed by atoms with Gasteiger partial charge >= 0.3 is 0 Å². The molecule has 0 fully saturated rings. The van der Waals surface area contributed by atoms with Crippen molar-refractivity contribution in [1.29, 1.82) is 0 Å². The summed E-state index contributed by atoms with van der Waals surface area (Å²) in [4.78, 5) is 36.1. The second-order valence-corrected chi connectivity index (χ2v) is 6.81. The standard InChI is InChI=1S/C22H18N4O3/c1-13(27)21(26-25-18-8-4-6-14-5-2-3-7-17(14)18)22(29)23-16-10-9-15-11-20(28)24-19(15)12-16/h2-10,12,21H,11H2,1H3,(H,23,29)(H,24,28). The summed E-state index contributed by atoms with van der Waals surface area (Å²) in [5, 5.41) is 15.5. The molecule has 2 N–H and O–H groups in total. The second kappa shape index (κ2) is 7.63. The summed E-state index contributed by atoms with van der Waals surface area (Å²) in [5.41, 5.74) is 2.58. The molecule has 1 aliphatic heterocycles. The van der Waals surface area contributed by atoms with Crippen molar-refractivity contribution < 1.29 is 14.4 Å². The van der Waals surface area contributed by atoms with Crippen molar-refractivity contribution in [2.45, 2.75) is 19.4 Å². The first kappa shape index (κ1) is 18.5. The zero-order chi connectivity index (χ0) is 20.4. The molecule has 0 spiro atoms. The molecule has 144 valence electrons. The lowest BCUT2D eigenvalue weighted by Gasteiger charge is -2.10. The minimum absolute atomic E-state index is 0.0889. The van der Waals surface area contributed by atoms with Crippen molar-refractivity contribution in [2.24, 2.45) is 10.2 Å². The molecule has 3 aromatic carbocycles. The molecule has 4 rings (SSSR count). The normalized spacial score (nSPS) is 13.9. The lowest BCUT2D eigenvalue weighted by atomic mass is 10.1. The van der Waals surface area contributed by atoms with Crippen LogP contribution in [0.1, 0.15) is 12.5 Å². The topological polar surface area (TPSA) is 100.0 Å². The quantitative estimate of drug-likeness (QED) is 0.512. The molecule has 1 atom stereocenters. The highest BCUT2D eigenvalue weighted by molar-refractivity contribution is 6.10. The average molecular weight is 386 g/mol. The van der Waals surface area contributed by atoms with Crippen LogP contribution in [0.4, 0.5) is 17.1 Å². The zero-order valence-corrected chi connectivity index (χ0v) is 15.7. The van der Waals surface area contributed by atoms with E-state index in [9.17, 15) is 14.4 Å². The first-order chi connectivity index (χ1) is 14.0. The van der Waals surface area contributed by atoms with Crippen LogP contribution in [0, 0.1) is 0 Å². The molecule has 0 radical (unpaired) electrons. The van der Waals surface area contributed by atoms with E-state index in [2.05, 4.69) is 20.9 Å². The van der Waals surface area contributed by atoms with E-state index in [-0.39, 0.29) is 5.91 Å². The van der Waals surface area contributed by atoms with E-state index in [4.69, 9.17) is 0 Å². The Morgan fingerprint density at radius 2 is 1.86 bits per heavy atom. The lowest BCUT2D eigenvalue weighted by Crippen LogP contribution is -2.31. The summed E-state index contributed by atoms with van der Waals surface area (Å²) in [6.07, 6.45) is 0.318. The van der Waals surface area contributed by atoms with Crippen LogP contribution in [0.25, 0.3) is 10.8 Å². The number of azo groups is 1. The highest BCUT2D eigenvalue weighted by Crippen LogP contribution is 2.28. The molecule has 0 saturated heterocycles. The molecule has 0 saturated carbocycles. The van der Waals surface area contributed by atoms with Crippen LogP contribution in [0.2, 0.25) is 0 Å². The Kier molecular flexibility index (Phi) is 4.87. The minimum Gasteiger partial charge on any atom is -0.325 e. The van der Waals surface area contributed by atoms with E-state index < -0.39 is 17.7 Å². The van der Waals surface area contributed by atoms with Gasteiger partial charge in [-0.05, 0) is 36.1 Å². The number of hydrogen-bond donors (Lipinski definition) is 2. The third-order valence-corrected chi connectivity index (χ3v) is 4.68. The number of fused-ring (bicyclic) bond motifs is 2. The van der Waals surface area contributed by atoms with E-state index in [1.807, 2.05) is 36.4 Å². The number of nitrogens with one attached hydrogen (secondary N) is 2. The van der Waals surface area contributed by atoms with Gasteiger partial charge < -0.3 is 10.6 Å². The lowest BCUT2D eigenvalue weighted by molar-refractivity contribution is -0.126. The first-order valence-corrected chi connectivity index (χ1v) is 9.14. The maximum absolute atomic E-state index is 12.6. The molecule has 1 unspecified atom stereocenters.